The molecule has 1 rings (SSSR count). The maximum atomic E-state index is 11.2. The van der Waals surface area contributed by atoms with Crippen LogP contribution in [0.1, 0.15) is 30.6 Å². The van der Waals surface area contributed by atoms with Gasteiger partial charge in [0.2, 0.25) is 0 Å². The number of halogens is 1. The van der Waals surface area contributed by atoms with Crippen molar-refractivity contribution in [3.05, 3.63) is 22.7 Å². The fraction of sp³-hybridized carbons (Fsp3) is 0.462. The molecule has 0 spiro atoms. The summed E-state index contributed by atoms with van der Waals surface area (Å²) < 4.78 is 0. The van der Waals surface area contributed by atoms with E-state index in [0.717, 1.165) is 13.0 Å². The van der Waals surface area contributed by atoms with Gasteiger partial charge in [-0.1, -0.05) is 31.9 Å². The van der Waals surface area contributed by atoms with Crippen molar-refractivity contribution >= 4 is 28.9 Å². The molecule has 3 N–H and O–H groups in total. The van der Waals surface area contributed by atoms with Gasteiger partial charge in [-0.15, -0.1) is 0 Å². The number of hydrogen-bond acceptors (Lipinski definition) is 3. The molecule has 4 nitrogen and oxygen atoms in total. The van der Waals surface area contributed by atoms with Crippen LogP contribution in [0.25, 0.3) is 0 Å². The lowest BCUT2D eigenvalue weighted by Gasteiger charge is -2.25. The monoisotopic (exact) mass is 270 g/mol. The first kappa shape index (κ1) is 14.6. The molecule has 0 bridgehead atoms. The van der Waals surface area contributed by atoms with E-state index in [1.807, 2.05) is 11.9 Å². The summed E-state index contributed by atoms with van der Waals surface area (Å²) in [5, 5.41) is 9.59. The van der Waals surface area contributed by atoms with Crippen molar-refractivity contribution in [1.82, 2.24) is 0 Å². The SMILES string of the molecule is CCC(C)CN(C)c1c(Cl)cc(N)cc1C(=O)O. The van der Waals surface area contributed by atoms with Crippen LogP contribution in [0, 0.1) is 5.92 Å². The number of carboxylic acids is 1. The van der Waals surface area contributed by atoms with Gasteiger partial charge in [-0.3, -0.25) is 0 Å². The lowest BCUT2D eigenvalue weighted by molar-refractivity contribution is 0.0697. The van der Waals surface area contributed by atoms with E-state index >= 15 is 0 Å². The standard InChI is InChI=1S/C13H19ClN2O2/c1-4-8(2)7-16(3)12-10(13(17)18)5-9(15)6-11(12)14/h5-6,8H,4,7,15H2,1-3H3,(H,17,18). The van der Waals surface area contributed by atoms with E-state index in [0.29, 0.717) is 22.3 Å². The third kappa shape index (κ3) is 3.29. The summed E-state index contributed by atoms with van der Waals surface area (Å²) in [6.07, 6.45) is 1.03. The van der Waals surface area contributed by atoms with Crippen LogP contribution in [0.15, 0.2) is 12.1 Å². The molecule has 0 radical (unpaired) electrons. The summed E-state index contributed by atoms with van der Waals surface area (Å²) in [6.45, 7) is 4.96. The third-order valence-corrected chi connectivity index (χ3v) is 3.27. The van der Waals surface area contributed by atoms with E-state index in [1.165, 1.54) is 6.07 Å². The van der Waals surface area contributed by atoms with Gasteiger partial charge < -0.3 is 15.7 Å². The van der Waals surface area contributed by atoms with E-state index < -0.39 is 5.97 Å². The minimum atomic E-state index is -1.02. The van der Waals surface area contributed by atoms with Gasteiger partial charge in [0, 0.05) is 19.3 Å². The minimum Gasteiger partial charge on any atom is -0.478 e. The van der Waals surface area contributed by atoms with Crippen LogP contribution in [0.4, 0.5) is 11.4 Å². The number of rotatable bonds is 5. The van der Waals surface area contributed by atoms with Crippen molar-refractivity contribution in [3.8, 4) is 0 Å². The number of carboxylic acid groups (broad SMARTS) is 1. The number of nitrogen functional groups attached to an aromatic ring is 1. The fourth-order valence-corrected chi connectivity index (χ4v) is 2.23. The molecule has 1 aromatic rings. The minimum absolute atomic E-state index is 0.144. The Kier molecular flexibility index (Phi) is 4.84. The van der Waals surface area contributed by atoms with Crippen molar-refractivity contribution in [2.75, 3.05) is 24.2 Å². The van der Waals surface area contributed by atoms with Crippen LogP contribution < -0.4 is 10.6 Å². The van der Waals surface area contributed by atoms with Crippen molar-refractivity contribution in [2.24, 2.45) is 5.92 Å². The lowest BCUT2D eigenvalue weighted by atomic mass is 10.1. The van der Waals surface area contributed by atoms with Gasteiger partial charge in [-0.2, -0.15) is 0 Å². The van der Waals surface area contributed by atoms with Crippen molar-refractivity contribution in [3.63, 3.8) is 0 Å². The molecule has 0 fully saturated rings. The second-order valence-corrected chi connectivity index (χ2v) is 5.01. The molecule has 0 saturated heterocycles. The second-order valence-electron chi connectivity index (χ2n) is 4.60. The maximum absolute atomic E-state index is 11.2. The summed E-state index contributed by atoms with van der Waals surface area (Å²) in [7, 11) is 1.84. The van der Waals surface area contributed by atoms with E-state index in [4.69, 9.17) is 17.3 Å². The fourth-order valence-electron chi connectivity index (χ4n) is 1.86. The zero-order chi connectivity index (χ0) is 13.9. The number of aromatic carboxylic acids is 1. The average Bonchev–Trinajstić information content (AvgIpc) is 2.27. The van der Waals surface area contributed by atoms with Crippen molar-refractivity contribution < 1.29 is 9.90 Å². The Morgan fingerprint density at radius 1 is 1.56 bits per heavy atom. The Bertz CT molecular complexity index is 449. The summed E-state index contributed by atoms with van der Waals surface area (Å²) in [5.74, 6) is -0.555. The number of anilines is 2. The molecule has 100 valence electrons. The summed E-state index contributed by atoms with van der Waals surface area (Å²) in [6, 6.07) is 3.02. The quantitative estimate of drug-likeness (QED) is 0.807. The number of carbonyl (C=O) groups is 1. The number of hydrogen-bond donors (Lipinski definition) is 2. The van der Waals surface area contributed by atoms with Gasteiger partial charge in [0.15, 0.2) is 0 Å². The molecule has 1 unspecified atom stereocenters. The molecular weight excluding hydrogens is 252 g/mol. The first-order valence-electron chi connectivity index (χ1n) is 5.90. The Morgan fingerprint density at radius 3 is 2.67 bits per heavy atom. The summed E-state index contributed by atoms with van der Waals surface area (Å²) in [5.41, 5.74) is 6.66. The molecule has 18 heavy (non-hydrogen) atoms. The molecule has 1 atom stereocenters. The summed E-state index contributed by atoms with van der Waals surface area (Å²) in [4.78, 5) is 13.1. The molecule has 5 heteroatoms. The van der Waals surface area contributed by atoms with Gasteiger partial charge in [-0.05, 0) is 18.1 Å². The van der Waals surface area contributed by atoms with Gasteiger partial charge in [0.1, 0.15) is 0 Å². The topological polar surface area (TPSA) is 66.6 Å². The first-order valence-corrected chi connectivity index (χ1v) is 6.28. The third-order valence-electron chi connectivity index (χ3n) is 2.98. The second kappa shape index (κ2) is 5.96. The number of benzene rings is 1. The Morgan fingerprint density at radius 2 is 2.17 bits per heavy atom. The van der Waals surface area contributed by atoms with E-state index in [-0.39, 0.29) is 5.56 Å². The van der Waals surface area contributed by atoms with Gasteiger partial charge >= 0.3 is 5.97 Å². The number of nitrogens with zero attached hydrogens (tertiary/aromatic N) is 1. The zero-order valence-electron chi connectivity index (χ0n) is 10.9. The molecule has 0 heterocycles. The highest BCUT2D eigenvalue weighted by Crippen LogP contribution is 2.32. The van der Waals surface area contributed by atoms with Gasteiger partial charge in [0.25, 0.3) is 0 Å². The van der Waals surface area contributed by atoms with Crippen LogP contribution in [0.3, 0.4) is 0 Å². The number of nitrogens with two attached hydrogens (primary N) is 1. The van der Waals surface area contributed by atoms with Crippen LogP contribution in [0.5, 0.6) is 0 Å². The molecule has 0 aromatic heterocycles. The molecule has 0 aliphatic rings. The molecule has 0 amide bonds. The maximum Gasteiger partial charge on any atom is 0.337 e. The van der Waals surface area contributed by atoms with E-state index in [2.05, 4.69) is 13.8 Å². The van der Waals surface area contributed by atoms with Crippen molar-refractivity contribution in [1.29, 1.82) is 0 Å². The van der Waals surface area contributed by atoms with Crippen LogP contribution >= 0.6 is 11.6 Å². The highest BCUT2D eigenvalue weighted by Gasteiger charge is 2.19. The Balaban J connectivity index is 3.17. The lowest BCUT2D eigenvalue weighted by Crippen LogP contribution is -2.26. The summed E-state index contributed by atoms with van der Waals surface area (Å²) >= 11 is 6.12. The zero-order valence-corrected chi connectivity index (χ0v) is 11.7. The first-order chi connectivity index (χ1) is 8.36. The highest BCUT2D eigenvalue weighted by atomic mass is 35.5. The van der Waals surface area contributed by atoms with E-state index in [9.17, 15) is 9.90 Å². The Hall–Kier alpha value is -1.42. The normalized spacial score (nSPS) is 12.2. The van der Waals surface area contributed by atoms with Crippen LogP contribution in [0.2, 0.25) is 5.02 Å². The largest absolute Gasteiger partial charge is 0.478 e. The van der Waals surface area contributed by atoms with Crippen LogP contribution in [-0.4, -0.2) is 24.7 Å². The van der Waals surface area contributed by atoms with Gasteiger partial charge in [0.05, 0.1) is 16.3 Å². The molecule has 0 aliphatic carbocycles. The van der Waals surface area contributed by atoms with Crippen LogP contribution in [-0.2, 0) is 0 Å². The molecule has 0 aliphatic heterocycles. The molecular formula is C13H19ClN2O2. The van der Waals surface area contributed by atoms with E-state index in [1.54, 1.807) is 6.07 Å². The smallest absolute Gasteiger partial charge is 0.337 e. The molecule has 1 aromatic carbocycles. The molecule has 0 saturated carbocycles. The van der Waals surface area contributed by atoms with Gasteiger partial charge in [-0.25, -0.2) is 4.79 Å². The van der Waals surface area contributed by atoms with Crippen molar-refractivity contribution in [2.45, 2.75) is 20.3 Å². The predicted molar refractivity (Wildman–Crippen MR) is 75.5 cm³/mol. The Labute approximate surface area is 112 Å². The average molecular weight is 271 g/mol. The highest BCUT2D eigenvalue weighted by molar-refractivity contribution is 6.34. The predicted octanol–water partition coefficient (Wildman–Crippen LogP) is 3.10.